The number of hydrogen-bond donors (Lipinski definition) is 3. The summed E-state index contributed by atoms with van der Waals surface area (Å²) >= 11 is 0. The Labute approximate surface area is 307 Å². The Morgan fingerprint density at radius 3 is 2.12 bits per heavy atom. The van der Waals surface area contributed by atoms with E-state index in [1.54, 1.807) is 32.0 Å². The Kier molecular flexibility index (Phi) is 16.6. The Balaban J connectivity index is 1.66. The first-order valence-corrected chi connectivity index (χ1v) is 19.8. The second kappa shape index (κ2) is 20.1. The van der Waals surface area contributed by atoms with Crippen molar-refractivity contribution in [3.63, 3.8) is 0 Å². The molecule has 12 atom stereocenters. The van der Waals surface area contributed by atoms with Crippen molar-refractivity contribution in [2.75, 3.05) is 53.4 Å². The number of hydrogen-bond acceptors (Lipinski definition) is 11. The van der Waals surface area contributed by atoms with Crippen LogP contribution in [-0.4, -0.2) is 144 Å². The van der Waals surface area contributed by atoms with E-state index in [0.717, 1.165) is 70.5 Å². The molecule has 0 aromatic carbocycles. The maximum absolute atomic E-state index is 13.7. The van der Waals surface area contributed by atoms with E-state index in [0.29, 0.717) is 12.8 Å². The van der Waals surface area contributed by atoms with Gasteiger partial charge in [-0.15, -0.1) is 0 Å². The number of cyclic esters (lactones) is 1. The molecule has 0 aromatic rings. The number of ketones is 1. The zero-order valence-electron chi connectivity index (χ0n) is 32.5. The van der Waals surface area contributed by atoms with E-state index in [1.807, 2.05) is 33.8 Å². The van der Waals surface area contributed by atoms with Gasteiger partial charge < -0.3 is 44.2 Å². The standard InChI is InChI=1S/C40H69N3O8/c1-26-14-15-33(44)27(2)23-31(16-21-42-17-10-8-11-18-42)39(51-40-38(48)36(41(6)7)37(47)30(5)50-40)28(3)34(45)24-35(46)49-29(4)32(22-26)25-43-19-12-9-13-20-43/h14-15,22,27-32,34,36-40,45,47-48H,8-13,16-21,23-25H2,1-7H3/b15-14+,26-22+/t27-,28+,29-,30-,31?,32-,34-,36+,37-,38-,39-,40+/m1/s1. The SMILES string of the molecule is CC1=C\[C@H](CN2CCCCC2)[C@@H](C)OC(=O)C[C@@H](O)[C@H](C)[C@@H](O[C@@H]2O[C@H](C)[C@@H](O)[C@H](N(C)C)[C@H]2O)C(CCN2CCCCC2)C[C@@H](C)C(=O)\C=C\1. The van der Waals surface area contributed by atoms with Crippen LogP contribution in [0.4, 0.5) is 0 Å². The lowest BCUT2D eigenvalue weighted by atomic mass is 9.79. The van der Waals surface area contributed by atoms with Crippen LogP contribution in [0.15, 0.2) is 23.8 Å². The van der Waals surface area contributed by atoms with Gasteiger partial charge in [-0.1, -0.05) is 44.4 Å². The number of carbonyl (C=O) groups is 2. The van der Waals surface area contributed by atoms with Gasteiger partial charge in [0.2, 0.25) is 0 Å². The van der Waals surface area contributed by atoms with E-state index in [-0.39, 0.29) is 30.0 Å². The minimum absolute atomic E-state index is 0.0233. The van der Waals surface area contributed by atoms with Gasteiger partial charge in [-0.05, 0) is 118 Å². The van der Waals surface area contributed by atoms with Crippen molar-refractivity contribution in [2.24, 2.45) is 23.7 Å². The van der Waals surface area contributed by atoms with Crippen molar-refractivity contribution in [3.8, 4) is 0 Å². The largest absolute Gasteiger partial charge is 0.462 e. The molecule has 11 heteroatoms. The van der Waals surface area contributed by atoms with E-state index in [1.165, 1.54) is 12.8 Å². The van der Waals surface area contributed by atoms with Crippen molar-refractivity contribution in [2.45, 2.75) is 141 Å². The molecule has 4 aliphatic heterocycles. The number of carbonyl (C=O) groups excluding carboxylic acids is 2. The van der Waals surface area contributed by atoms with E-state index < -0.39 is 60.8 Å². The van der Waals surface area contributed by atoms with Crippen LogP contribution in [0.3, 0.4) is 0 Å². The van der Waals surface area contributed by atoms with Gasteiger partial charge in [-0.25, -0.2) is 0 Å². The number of aliphatic hydroxyl groups is 3. The average molecular weight is 720 g/mol. The lowest BCUT2D eigenvalue weighted by Crippen LogP contribution is -2.63. The molecular formula is C40H69N3O8. The van der Waals surface area contributed by atoms with Crippen LogP contribution in [-0.2, 0) is 23.8 Å². The summed E-state index contributed by atoms with van der Waals surface area (Å²) in [6.45, 7) is 15.1. The molecule has 4 rings (SSSR count). The summed E-state index contributed by atoms with van der Waals surface area (Å²) in [6, 6.07) is -0.631. The number of likely N-dealkylation sites (tertiary alicyclic amines) is 2. The van der Waals surface area contributed by atoms with Crippen molar-refractivity contribution in [1.82, 2.24) is 14.7 Å². The number of allylic oxidation sites excluding steroid dienone is 3. The minimum atomic E-state index is -1.17. The molecule has 0 aromatic heterocycles. The third-order valence-corrected chi connectivity index (χ3v) is 11.9. The third-order valence-electron chi connectivity index (χ3n) is 11.9. The molecule has 4 aliphatic rings. The average Bonchev–Trinajstić information content (AvgIpc) is 3.09. The second-order valence-electron chi connectivity index (χ2n) is 16.3. The molecule has 0 radical (unpaired) electrons. The van der Waals surface area contributed by atoms with Gasteiger partial charge in [0.1, 0.15) is 12.2 Å². The summed E-state index contributed by atoms with van der Waals surface area (Å²) in [5.41, 5.74) is 0.944. The fourth-order valence-corrected chi connectivity index (χ4v) is 8.54. The van der Waals surface area contributed by atoms with Gasteiger partial charge in [-0.2, -0.15) is 0 Å². The molecule has 3 N–H and O–H groups in total. The fourth-order valence-electron chi connectivity index (χ4n) is 8.54. The van der Waals surface area contributed by atoms with Gasteiger partial charge in [-0.3, -0.25) is 9.59 Å². The Bertz CT molecular complexity index is 1150. The predicted octanol–water partition coefficient (Wildman–Crippen LogP) is 3.79. The van der Waals surface area contributed by atoms with Crippen LogP contribution in [0.2, 0.25) is 0 Å². The first kappa shape index (κ1) is 42.0. The highest BCUT2D eigenvalue weighted by Gasteiger charge is 2.47. The predicted molar refractivity (Wildman–Crippen MR) is 198 cm³/mol. The molecular weight excluding hydrogens is 650 g/mol. The number of esters is 1. The third kappa shape index (κ3) is 12.2. The normalized spacial score (nSPS) is 40.8. The summed E-state index contributed by atoms with van der Waals surface area (Å²) in [7, 11) is 3.60. The minimum Gasteiger partial charge on any atom is -0.462 e. The monoisotopic (exact) mass is 720 g/mol. The number of nitrogens with zero attached hydrogens (tertiary/aromatic N) is 3. The van der Waals surface area contributed by atoms with Gasteiger partial charge in [0.15, 0.2) is 12.1 Å². The molecule has 4 heterocycles. The number of ether oxygens (including phenoxy) is 3. The second-order valence-corrected chi connectivity index (χ2v) is 16.3. The van der Waals surface area contributed by atoms with Crippen molar-refractivity contribution < 1.29 is 39.1 Å². The summed E-state index contributed by atoms with van der Waals surface area (Å²) in [5.74, 6) is -1.61. The van der Waals surface area contributed by atoms with E-state index in [4.69, 9.17) is 14.2 Å². The molecule has 292 valence electrons. The van der Waals surface area contributed by atoms with Gasteiger partial charge >= 0.3 is 5.97 Å². The zero-order chi connectivity index (χ0) is 37.2. The highest BCUT2D eigenvalue weighted by Crippen LogP contribution is 2.35. The first-order valence-electron chi connectivity index (χ1n) is 19.8. The molecule has 3 fully saturated rings. The topological polar surface area (TPSA) is 132 Å². The highest BCUT2D eigenvalue weighted by atomic mass is 16.7. The smallest absolute Gasteiger partial charge is 0.308 e. The lowest BCUT2D eigenvalue weighted by molar-refractivity contribution is -0.304. The molecule has 0 saturated carbocycles. The Hall–Kier alpha value is -1.70. The molecule has 1 unspecified atom stereocenters. The molecule has 11 nitrogen and oxygen atoms in total. The molecule has 51 heavy (non-hydrogen) atoms. The molecule has 0 aliphatic carbocycles. The van der Waals surface area contributed by atoms with E-state index >= 15 is 0 Å². The van der Waals surface area contributed by atoms with Crippen LogP contribution < -0.4 is 0 Å². The maximum atomic E-state index is 13.7. The summed E-state index contributed by atoms with van der Waals surface area (Å²) < 4.78 is 18.9. The zero-order valence-corrected chi connectivity index (χ0v) is 32.5. The maximum Gasteiger partial charge on any atom is 0.308 e. The highest BCUT2D eigenvalue weighted by molar-refractivity contribution is 5.91. The van der Waals surface area contributed by atoms with E-state index in [2.05, 4.69) is 15.9 Å². The van der Waals surface area contributed by atoms with Gasteiger partial charge in [0, 0.05) is 24.3 Å². The van der Waals surface area contributed by atoms with Crippen LogP contribution in [0.1, 0.15) is 92.4 Å². The lowest BCUT2D eigenvalue weighted by Gasteiger charge is -2.47. The van der Waals surface area contributed by atoms with Crippen LogP contribution >= 0.6 is 0 Å². The van der Waals surface area contributed by atoms with Crippen LogP contribution in [0.25, 0.3) is 0 Å². The fraction of sp³-hybridized carbons (Fsp3) is 0.850. The van der Waals surface area contributed by atoms with Gasteiger partial charge in [0.25, 0.3) is 0 Å². The van der Waals surface area contributed by atoms with E-state index in [9.17, 15) is 24.9 Å². The summed E-state index contributed by atoms with van der Waals surface area (Å²) in [6.07, 6.45) is 7.75. The quantitative estimate of drug-likeness (QED) is 0.317. The van der Waals surface area contributed by atoms with Crippen molar-refractivity contribution >= 4 is 11.8 Å². The Morgan fingerprint density at radius 2 is 1.49 bits per heavy atom. The molecule has 0 spiro atoms. The number of rotatable bonds is 8. The molecule has 3 saturated heterocycles. The van der Waals surface area contributed by atoms with Crippen LogP contribution in [0, 0.1) is 23.7 Å². The van der Waals surface area contributed by atoms with Gasteiger partial charge in [0.05, 0.1) is 36.9 Å². The van der Waals surface area contributed by atoms with Crippen molar-refractivity contribution in [3.05, 3.63) is 23.8 Å². The molecule has 0 amide bonds. The summed E-state index contributed by atoms with van der Waals surface area (Å²) in [4.78, 5) is 33.8. The summed E-state index contributed by atoms with van der Waals surface area (Å²) in [5, 5.41) is 34.1. The number of piperidine rings is 2. The number of likely N-dealkylation sites (N-methyl/N-ethyl adjacent to an activating group) is 1. The number of aliphatic hydroxyl groups excluding tert-OH is 3. The van der Waals surface area contributed by atoms with Crippen molar-refractivity contribution in [1.29, 1.82) is 0 Å². The molecule has 0 bridgehead atoms. The first-order chi connectivity index (χ1) is 24.2. The Morgan fingerprint density at radius 1 is 0.863 bits per heavy atom. The van der Waals surface area contributed by atoms with Crippen LogP contribution in [0.5, 0.6) is 0 Å².